The van der Waals surface area contributed by atoms with Gasteiger partial charge in [0, 0.05) is 34.7 Å². The summed E-state index contributed by atoms with van der Waals surface area (Å²) < 4.78 is 14.1. The maximum absolute atomic E-state index is 14.1. The molecule has 3 heterocycles. The number of nitrogens with zero attached hydrogens (tertiary/aromatic N) is 3. The molecule has 0 saturated carbocycles. The second-order valence-electron chi connectivity index (χ2n) is 5.36. The Morgan fingerprint density at radius 3 is 2.96 bits per heavy atom. The van der Waals surface area contributed by atoms with Crippen LogP contribution >= 0.6 is 11.6 Å². The lowest BCUT2D eigenvalue weighted by Gasteiger charge is -2.16. The summed E-state index contributed by atoms with van der Waals surface area (Å²) in [7, 11) is 1.52. The van der Waals surface area contributed by atoms with Crippen LogP contribution in [0.3, 0.4) is 0 Å². The van der Waals surface area contributed by atoms with E-state index >= 15 is 0 Å². The molecule has 3 rings (SSSR count). The average molecular weight is 369 g/mol. The Kier molecular flexibility index (Phi) is 4.80. The second-order valence-corrected chi connectivity index (χ2v) is 5.80. The third-order valence-corrected chi connectivity index (χ3v) is 3.97. The molecule has 0 bridgehead atoms. The van der Waals surface area contributed by atoms with Crippen LogP contribution in [0.15, 0.2) is 24.7 Å². The molecule has 1 amide bonds. The summed E-state index contributed by atoms with van der Waals surface area (Å²) in [6.45, 7) is 1.82. The van der Waals surface area contributed by atoms with Crippen LogP contribution in [0.1, 0.15) is 17.6 Å². The van der Waals surface area contributed by atoms with Gasteiger partial charge >= 0.3 is 0 Å². The fourth-order valence-corrected chi connectivity index (χ4v) is 2.61. The van der Waals surface area contributed by atoms with Crippen molar-refractivity contribution in [3.8, 4) is 11.4 Å². The third kappa shape index (κ3) is 3.39. The number of pyridine rings is 1. The second kappa shape index (κ2) is 7.02. The molecule has 0 aliphatic rings. The molecule has 0 aliphatic carbocycles. The number of H-pyrrole nitrogens is 1. The fourth-order valence-electron chi connectivity index (χ4n) is 2.45. The lowest BCUT2D eigenvalue weighted by atomic mass is 10.2. The van der Waals surface area contributed by atoms with Crippen LogP contribution < -0.4 is 10.6 Å². The van der Waals surface area contributed by atoms with Crippen molar-refractivity contribution in [1.29, 1.82) is 0 Å². The summed E-state index contributed by atoms with van der Waals surface area (Å²) in [4.78, 5) is 27.3. The third-order valence-electron chi connectivity index (χ3n) is 3.76. The number of anilines is 1. The molecule has 3 aromatic rings. The zero-order chi connectivity index (χ0) is 18.0. The van der Waals surface area contributed by atoms with Gasteiger partial charge in [0.1, 0.15) is 11.7 Å². The van der Waals surface area contributed by atoms with Gasteiger partial charge in [0.05, 0.1) is 11.2 Å². The largest absolute Gasteiger partial charge is 0.357 e. The molecule has 7 nitrogen and oxygen atoms in total. The number of aromatic nitrogens is 4. The molecule has 0 saturated heterocycles. The maximum Gasteiger partial charge on any atom is 0.242 e. The van der Waals surface area contributed by atoms with Crippen molar-refractivity contribution >= 4 is 34.4 Å². The molecule has 3 N–H and O–H groups in total. The normalized spacial score (nSPS) is 12.2. The van der Waals surface area contributed by atoms with Gasteiger partial charge in [-0.05, 0) is 12.5 Å². The number of halogens is 2. The van der Waals surface area contributed by atoms with Gasteiger partial charge in [-0.2, -0.15) is 0 Å². The van der Waals surface area contributed by atoms with E-state index in [0.29, 0.717) is 28.5 Å². The first-order valence-electron chi connectivity index (χ1n) is 7.67. The van der Waals surface area contributed by atoms with Crippen molar-refractivity contribution in [3.05, 3.63) is 35.5 Å². The highest BCUT2D eigenvalue weighted by atomic mass is 35.5. The van der Waals surface area contributed by atoms with Crippen LogP contribution in [-0.4, -0.2) is 38.9 Å². The molecule has 1 atom stereocenters. The van der Waals surface area contributed by atoms with E-state index in [0.717, 1.165) is 11.6 Å². The smallest absolute Gasteiger partial charge is 0.242 e. The Labute approximate surface area is 152 Å². The first kappa shape index (κ1) is 17.1. The van der Waals surface area contributed by atoms with Gasteiger partial charge in [0.15, 0.2) is 17.5 Å². The van der Waals surface area contributed by atoms with Crippen molar-refractivity contribution in [2.75, 3.05) is 12.4 Å². The van der Waals surface area contributed by atoms with E-state index in [1.165, 1.54) is 13.2 Å². The van der Waals surface area contributed by atoms with Gasteiger partial charge in [-0.15, -0.1) is 0 Å². The van der Waals surface area contributed by atoms with E-state index in [2.05, 4.69) is 30.6 Å². The Morgan fingerprint density at radius 1 is 1.44 bits per heavy atom. The fraction of sp³-hybridized carbons (Fsp3) is 0.250. The van der Waals surface area contributed by atoms with Crippen LogP contribution in [0.4, 0.5) is 10.2 Å². The monoisotopic (exact) mass is 368 g/mol. The summed E-state index contributed by atoms with van der Waals surface area (Å²) in [6, 6.07) is 1.14. The highest BCUT2D eigenvalue weighted by Crippen LogP contribution is 2.28. The molecule has 25 heavy (non-hydrogen) atoms. The maximum atomic E-state index is 14.1. The lowest BCUT2D eigenvalue weighted by molar-refractivity contribution is -0.121. The Hall–Kier alpha value is -2.74. The summed E-state index contributed by atoms with van der Waals surface area (Å²) in [6.07, 6.45) is 4.75. The zero-order valence-electron chi connectivity index (χ0n) is 13.6. The van der Waals surface area contributed by atoms with E-state index in [1.54, 1.807) is 12.3 Å². The molecule has 0 fully saturated rings. The van der Waals surface area contributed by atoms with Crippen LogP contribution in [-0.2, 0) is 4.79 Å². The molecule has 9 heteroatoms. The molecule has 3 aromatic heterocycles. The number of hydrogen-bond donors (Lipinski definition) is 3. The number of carbonyl (C=O) groups excluding carboxylic acids is 1. The van der Waals surface area contributed by atoms with E-state index in [1.807, 2.05) is 6.92 Å². The molecule has 0 spiro atoms. The van der Waals surface area contributed by atoms with E-state index in [4.69, 9.17) is 11.6 Å². The molecule has 0 radical (unpaired) electrons. The summed E-state index contributed by atoms with van der Waals surface area (Å²) in [5, 5.41) is 6.55. The van der Waals surface area contributed by atoms with Crippen LogP contribution in [0.5, 0.6) is 0 Å². The minimum absolute atomic E-state index is 0. The van der Waals surface area contributed by atoms with Crippen LogP contribution in [0.25, 0.3) is 22.4 Å². The number of carbonyl (C=O) groups is 1. The van der Waals surface area contributed by atoms with Gasteiger partial charge in [0.25, 0.3) is 0 Å². The predicted octanol–water partition coefficient (Wildman–Crippen LogP) is 3.49. The van der Waals surface area contributed by atoms with Gasteiger partial charge < -0.3 is 15.6 Å². The molecule has 0 aromatic carbocycles. The molecule has 0 aliphatic heterocycles. The van der Waals surface area contributed by atoms with E-state index < -0.39 is 11.9 Å². The van der Waals surface area contributed by atoms with E-state index in [-0.39, 0.29) is 16.0 Å². The molecular weight excluding hydrogens is 347 g/mol. The molecular formula is C16H22ClFN6O. The number of nitrogens with one attached hydrogen (secondary N) is 3. The van der Waals surface area contributed by atoms with Gasteiger partial charge in [0.2, 0.25) is 5.91 Å². The number of rotatable bonds is 5. The number of aromatic amines is 1. The number of fused-ring (bicyclic) bond motifs is 1. The van der Waals surface area contributed by atoms with Crippen molar-refractivity contribution in [1.82, 2.24) is 25.3 Å². The standard InChI is InChI=1S/C16H16ClFN6O.3H2/c1-3-12(16(25)19-2)23-15-11(18)7-22-14(24-15)10-6-21-13-9(10)4-8(17)5-20-13;;;/h4-7,12H,3H2,1-2H3,(H,19,25)(H,20,21)(H,22,23,24);3*1H/t12-;;;/m0.../s1. The summed E-state index contributed by atoms with van der Waals surface area (Å²) in [5.41, 5.74) is 1.26. The first-order valence-corrected chi connectivity index (χ1v) is 8.05. The van der Waals surface area contributed by atoms with Crippen LogP contribution in [0, 0.1) is 5.82 Å². The average Bonchev–Trinajstić information content (AvgIpc) is 3.03. The molecule has 136 valence electrons. The van der Waals surface area contributed by atoms with Crippen molar-refractivity contribution in [3.63, 3.8) is 0 Å². The summed E-state index contributed by atoms with van der Waals surface area (Å²) >= 11 is 6.00. The van der Waals surface area contributed by atoms with Crippen molar-refractivity contribution < 1.29 is 13.5 Å². The van der Waals surface area contributed by atoms with Crippen molar-refractivity contribution in [2.45, 2.75) is 19.4 Å². The Balaban J connectivity index is 0.00000243. The quantitative estimate of drug-likeness (QED) is 0.640. The number of likely N-dealkylation sites (N-methyl/N-ethyl adjacent to an activating group) is 1. The van der Waals surface area contributed by atoms with Crippen LogP contribution in [0.2, 0.25) is 5.02 Å². The van der Waals surface area contributed by atoms with E-state index in [9.17, 15) is 9.18 Å². The zero-order valence-corrected chi connectivity index (χ0v) is 14.4. The molecule has 0 unspecified atom stereocenters. The first-order chi connectivity index (χ1) is 12.0. The number of amides is 1. The highest BCUT2D eigenvalue weighted by molar-refractivity contribution is 6.31. The topological polar surface area (TPSA) is 95.6 Å². The predicted molar refractivity (Wildman–Crippen MR) is 100 cm³/mol. The van der Waals surface area contributed by atoms with Gasteiger partial charge in [-0.1, -0.05) is 18.5 Å². The summed E-state index contributed by atoms with van der Waals surface area (Å²) in [5.74, 6) is -0.622. The van der Waals surface area contributed by atoms with Gasteiger partial charge in [-0.3, -0.25) is 4.79 Å². The number of hydrogen-bond acceptors (Lipinski definition) is 5. The SMILES string of the molecule is CC[C@H](Nc1nc(-c2c[nH]c3ncc(Cl)cc23)ncc1F)C(=O)NC.[HH].[HH].[HH]. The lowest BCUT2D eigenvalue weighted by Crippen LogP contribution is -2.37. The minimum atomic E-state index is -0.637. The van der Waals surface area contributed by atoms with Crippen molar-refractivity contribution in [2.24, 2.45) is 0 Å². The highest BCUT2D eigenvalue weighted by Gasteiger charge is 2.19. The van der Waals surface area contributed by atoms with Gasteiger partial charge in [-0.25, -0.2) is 19.3 Å². The minimum Gasteiger partial charge on any atom is -0.357 e. The Morgan fingerprint density at radius 2 is 2.24 bits per heavy atom. The Bertz CT molecular complexity index is 942.